The normalized spacial score (nSPS) is 20.3. The van der Waals surface area contributed by atoms with Gasteiger partial charge in [0.1, 0.15) is 5.82 Å². The summed E-state index contributed by atoms with van der Waals surface area (Å²) in [5.74, 6) is 1.46. The summed E-state index contributed by atoms with van der Waals surface area (Å²) in [4.78, 5) is 6.46. The van der Waals surface area contributed by atoms with Gasteiger partial charge in [0, 0.05) is 19.3 Å². The van der Waals surface area contributed by atoms with Gasteiger partial charge in [-0.15, -0.1) is 0 Å². The first kappa shape index (κ1) is 9.94. The Morgan fingerprint density at radius 3 is 3.20 bits per heavy atom. The van der Waals surface area contributed by atoms with E-state index < -0.39 is 0 Å². The van der Waals surface area contributed by atoms with Gasteiger partial charge in [-0.3, -0.25) is 0 Å². The van der Waals surface area contributed by atoms with E-state index in [-0.39, 0.29) is 0 Å². The van der Waals surface area contributed by atoms with Gasteiger partial charge in [-0.25, -0.2) is 4.98 Å². The summed E-state index contributed by atoms with van der Waals surface area (Å²) in [6.07, 6.45) is 2.80. The average molecular weight is 202 g/mol. The van der Waals surface area contributed by atoms with Gasteiger partial charge in [-0.1, -0.05) is 0 Å². The zero-order valence-electron chi connectivity index (χ0n) is 8.56. The molecule has 4 nitrogen and oxygen atoms in total. The molecule has 1 aliphatic heterocycles. The molecule has 1 aromatic heterocycles. The Hall–Kier alpha value is -1.60. The van der Waals surface area contributed by atoms with Gasteiger partial charge < -0.3 is 10.6 Å². The Balaban J connectivity index is 2.14. The molecule has 1 aromatic rings. The molecule has 1 atom stereocenters. The van der Waals surface area contributed by atoms with Crippen LogP contribution in [0.1, 0.15) is 12.0 Å². The van der Waals surface area contributed by atoms with Crippen molar-refractivity contribution in [2.75, 3.05) is 24.5 Å². The molecule has 0 aliphatic carbocycles. The summed E-state index contributed by atoms with van der Waals surface area (Å²) < 4.78 is 0. The fourth-order valence-electron chi connectivity index (χ4n) is 1.89. The van der Waals surface area contributed by atoms with Crippen molar-refractivity contribution in [2.24, 2.45) is 11.7 Å². The molecule has 15 heavy (non-hydrogen) atoms. The molecule has 78 valence electrons. The van der Waals surface area contributed by atoms with Crippen LogP contribution in [0.5, 0.6) is 0 Å². The van der Waals surface area contributed by atoms with Crippen LogP contribution in [-0.4, -0.2) is 24.6 Å². The Kier molecular flexibility index (Phi) is 2.84. The fraction of sp³-hybridized carbons (Fsp3) is 0.455. The molecule has 2 heterocycles. The van der Waals surface area contributed by atoms with Crippen LogP contribution in [0, 0.1) is 17.2 Å². The molecule has 0 saturated carbocycles. The first-order valence-electron chi connectivity index (χ1n) is 5.14. The van der Waals surface area contributed by atoms with Crippen LogP contribution in [0.3, 0.4) is 0 Å². The number of nitriles is 1. The van der Waals surface area contributed by atoms with E-state index in [1.165, 1.54) is 0 Å². The standard InChI is InChI=1S/C11H14N4/c12-6-9-1-3-14-11(5-9)15-4-2-10(7-13)8-15/h1,3,5,10H,2,4,7-8,13H2. The third kappa shape index (κ3) is 2.08. The number of pyridine rings is 1. The summed E-state index contributed by atoms with van der Waals surface area (Å²) >= 11 is 0. The Morgan fingerprint density at radius 1 is 1.67 bits per heavy atom. The second kappa shape index (κ2) is 4.28. The monoisotopic (exact) mass is 202 g/mol. The Bertz CT molecular complexity index is 382. The minimum atomic E-state index is 0.567. The van der Waals surface area contributed by atoms with E-state index in [1.54, 1.807) is 12.3 Å². The summed E-state index contributed by atoms with van der Waals surface area (Å²) in [7, 11) is 0. The minimum absolute atomic E-state index is 0.567. The molecule has 0 spiro atoms. The summed E-state index contributed by atoms with van der Waals surface area (Å²) in [5.41, 5.74) is 6.29. The largest absolute Gasteiger partial charge is 0.356 e. The summed E-state index contributed by atoms with van der Waals surface area (Å²) in [6, 6.07) is 5.68. The third-order valence-electron chi connectivity index (χ3n) is 2.82. The lowest BCUT2D eigenvalue weighted by atomic mass is 10.1. The van der Waals surface area contributed by atoms with E-state index in [1.807, 2.05) is 6.07 Å². The molecule has 2 rings (SSSR count). The number of anilines is 1. The lowest BCUT2D eigenvalue weighted by Crippen LogP contribution is -2.23. The molecule has 1 unspecified atom stereocenters. The molecule has 0 aromatic carbocycles. The number of rotatable bonds is 2. The molecule has 0 radical (unpaired) electrons. The van der Waals surface area contributed by atoms with E-state index >= 15 is 0 Å². The quantitative estimate of drug-likeness (QED) is 0.768. The molecule has 0 amide bonds. The molecule has 1 aliphatic rings. The van der Waals surface area contributed by atoms with Gasteiger partial charge >= 0.3 is 0 Å². The first-order valence-corrected chi connectivity index (χ1v) is 5.14. The van der Waals surface area contributed by atoms with Crippen LogP contribution in [0.2, 0.25) is 0 Å². The summed E-state index contributed by atoms with van der Waals surface area (Å²) in [5, 5.41) is 8.79. The molecule has 1 saturated heterocycles. The SMILES string of the molecule is N#Cc1ccnc(N2CCC(CN)C2)c1. The zero-order valence-corrected chi connectivity index (χ0v) is 8.56. The van der Waals surface area contributed by atoms with Crippen molar-refractivity contribution < 1.29 is 0 Å². The second-order valence-corrected chi connectivity index (χ2v) is 3.85. The highest BCUT2D eigenvalue weighted by molar-refractivity contribution is 5.45. The van der Waals surface area contributed by atoms with Crippen molar-refractivity contribution in [3.8, 4) is 6.07 Å². The van der Waals surface area contributed by atoms with Crippen LogP contribution in [0.15, 0.2) is 18.3 Å². The molecule has 4 heteroatoms. The van der Waals surface area contributed by atoms with E-state index in [4.69, 9.17) is 11.0 Å². The van der Waals surface area contributed by atoms with Gasteiger partial charge in [0.25, 0.3) is 0 Å². The molecular formula is C11H14N4. The van der Waals surface area contributed by atoms with Crippen molar-refractivity contribution in [1.82, 2.24) is 4.98 Å². The highest BCUT2D eigenvalue weighted by Gasteiger charge is 2.22. The number of hydrogen-bond acceptors (Lipinski definition) is 4. The zero-order chi connectivity index (χ0) is 10.7. The first-order chi connectivity index (χ1) is 7.33. The van der Waals surface area contributed by atoms with E-state index in [9.17, 15) is 0 Å². The predicted octanol–water partition coefficient (Wildman–Crippen LogP) is 0.738. The smallest absolute Gasteiger partial charge is 0.129 e. The molecule has 0 bridgehead atoms. The van der Waals surface area contributed by atoms with Crippen molar-refractivity contribution in [1.29, 1.82) is 5.26 Å². The van der Waals surface area contributed by atoms with E-state index in [0.717, 1.165) is 31.9 Å². The van der Waals surface area contributed by atoms with Crippen LogP contribution in [-0.2, 0) is 0 Å². The average Bonchev–Trinajstić information content (AvgIpc) is 2.78. The number of nitrogens with zero attached hydrogens (tertiary/aromatic N) is 3. The topological polar surface area (TPSA) is 65.9 Å². The fourth-order valence-corrected chi connectivity index (χ4v) is 1.89. The molecular weight excluding hydrogens is 188 g/mol. The summed E-state index contributed by atoms with van der Waals surface area (Å²) in [6.45, 7) is 2.68. The lowest BCUT2D eigenvalue weighted by Gasteiger charge is -2.16. The van der Waals surface area contributed by atoms with Crippen LogP contribution in [0.25, 0.3) is 0 Å². The van der Waals surface area contributed by atoms with Gasteiger partial charge in [0.05, 0.1) is 11.6 Å². The Morgan fingerprint density at radius 2 is 2.53 bits per heavy atom. The maximum Gasteiger partial charge on any atom is 0.129 e. The highest BCUT2D eigenvalue weighted by atomic mass is 15.2. The van der Waals surface area contributed by atoms with Crippen molar-refractivity contribution in [3.63, 3.8) is 0 Å². The van der Waals surface area contributed by atoms with E-state index in [0.29, 0.717) is 11.5 Å². The van der Waals surface area contributed by atoms with Crippen molar-refractivity contribution >= 4 is 5.82 Å². The minimum Gasteiger partial charge on any atom is -0.356 e. The van der Waals surface area contributed by atoms with Crippen molar-refractivity contribution in [2.45, 2.75) is 6.42 Å². The lowest BCUT2D eigenvalue weighted by molar-refractivity contribution is 0.602. The highest BCUT2D eigenvalue weighted by Crippen LogP contribution is 2.21. The number of nitrogens with two attached hydrogens (primary N) is 1. The third-order valence-corrected chi connectivity index (χ3v) is 2.82. The molecule has 2 N–H and O–H groups in total. The molecule has 1 fully saturated rings. The van der Waals surface area contributed by atoms with Gasteiger partial charge in [0.2, 0.25) is 0 Å². The maximum atomic E-state index is 8.79. The number of hydrogen-bond donors (Lipinski definition) is 1. The second-order valence-electron chi connectivity index (χ2n) is 3.85. The maximum absolute atomic E-state index is 8.79. The van der Waals surface area contributed by atoms with Crippen LogP contribution < -0.4 is 10.6 Å². The van der Waals surface area contributed by atoms with Gasteiger partial charge in [-0.05, 0) is 31.0 Å². The van der Waals surface area contributed by atoms with Gasteiger partial charge in [0.15, 0.2) is 0 Å². The van der Waals surface area contributed by atoms with E-state index in [2.05, 4.69) is 16.0 Å². The van der Waals surface area contributed by atoms with Crippen LogP contribution in [0.4, 0.5) is 5.82 Å². The number of aromatic nitrogens is 1. The van der Waals surface area contributed by atoms with Gasteiger partial charge in [-0.2, -0.15) is 5.26 Å². The Labute approximate surface area is 89.3 Å². The van der Waals surface area contributed by atoms with Crippen molar-refractivity contribution in [3.05, 3.63) is 23.9 Å². The van der Waals surface area contributed by atoms with Crippen LogP contribution >= 0.6 is 0 Å². The predicted molar refractivity (Wildman–Crippen MR) is 58.3 cm³/mol.